The lowest BCUT2D eigenvalue weighted by atomic mass is 9.93. The number of piperidine rings is 1. The topological polar surface area (TPSA) is 59.8 Å². The first kappa shape index (κ1) is 21.9. The summed E-state index contributed by atoms with van der Waals surface area (Å²) in [6, 6.07) is 9.99. The first-order chi connectivity index (χ1) is 14.5. The van der Waals surface area contributed by atoms with Crippen molar-refractivity contribution >= 4 is 12.0 Å². The highest BCUT2D eigenvalue weighted by molar-refractivity contribution is 5.79. The fourth-order valence-corrected chi connectivity index (χ4v) is 3.48. The van der Waals surface area contributed by atoms with Gasteiger partial charge in [-0.3, -0.25) is 0 Å². The van der Waals surface area contributed by atoms with Crippen LogP contribution in [0.1, 0.15) is 36.9 Å². The van der Waals surface area contributed by atoms with Crippen molar-refractivity contribution in [3.05, 3.63) is 47.7 Å². The van der Waals surface area contributed by atoms with Crippen LogP contribution in [-0.2, 0) is 11.0 Å². The van der Waals surface area contributed by atoms with E-state index in [-0.39, 0.29) is 0 Å². The minimum atomic E-state index is -4.46. The summed E-state index contributed by atoms with van der Waals surface area (Å²) >= 11 is 0. The van der Waals surface area contributed by atoms with Crippen LogP contribution in [0.15, 0.2) is 41.6 Å². The summed E-state index contributed by atoms with van der Waals surface area (Å²) in [4.78, 5) is 6.67. The summed E-state index contributed by atoms with van der Waals surface area (Å²) in [7, 11) is 1.50. The van der Waals surface area contributed by atoms with Gasteiger partial charge in [-0.15, -0.1) is 10.2 Å². The molecule has 1 unspecified atom stereocenters. The molecule has 0 amide bonds. The van der Waals surface area contributed by atoms with E-state index in [0.717, 1.165) is 56.2 Å². The largest absolute Gasteiger partial charge is 0.494 e. The minimum absolute atomic E-state index is 0.457. The normalized spacial score (nSPS) is 17.3. The van der Waals surface area contributed by atoms with Gasteiger partial charge >= 0.3 is 6.18 Å². The first-order valence-electron chi connectivity index (χ1n) is 9.91. The molecule has 6 nitrogen and oxygen atoms in total. The molecule has 0 N–H and O–H groups in total. The number of alkyl halides is 3. The van der Waals surface area contributed by atoms with Crippen molar-refractivity contribution in [2.24, 2.45) is 11.1 Å². The van der Waals surface area contributed by atoms with Gasteiger partial charge < -0.3 is 14.5 Å². The zero-order valence-electron chi connectivity index (χ0n) is 16.8. The number of rotatable bonds is 8. The second kappa shape index (κ2) is 10.3. The average Bonchev–Trinajstić information content (AvgIpc) is 2.76. The molecule has 1 aromatic carbocycles. The molecule has 1 saturated heterocycles. The predicted octanol–water partition coefficient (Wildman–Crippen LogP) is 4.55. The average molecular weight is 422 g/mol. The van der Waals surface area contributed by atoms with E-state index in [1.54, 1.807) is 6.21 Å². The van der Waals surface area contributed by atoms with Crippen LogP contribution in [0.5, 0.6) is 5.75 Å². The van der Waals surface area contributed by atoms with Crippen LogP contribution < -0.4 is 9.64 Å². The Morgan fingerprint density at radius 2 is 1.97 bits per heavy atom. The lowest BCUT2D eigenvalue weighted by molar-refractivity contribution is -0.141. The summed E-state index contributed by atoms with van der Waals surface area (Å²) < 4.78 is 43.7. The van der Waals surface area contributed by atoms with E-state index < -0.39 is 11.9 Å². The lowest BCUT2D eigenvalue weighted by Gasteiger charge is -2.33. The zero-order valence-corrected chi connectivity index (χ0v) is 16.8. The molecule has 1 aromatic heterocycles. The predicted molar refractivity (Wildman–Crippen MR) is 108 cm³/mol. The number of benzene rings is 1. The van der Waals surface area contributed by atoms with Crippen LogP contribution in [0, 0.1) is 5.92 Å². The fraction of sp³-hybridized carbons (Fsp3) is 0.476. The fourth-order valence-electron chi connectivity index (χ4n) is 3.48. The number of nitrogens with zero attached hydrogens (tertiary/aromatic N) is 4. The van der Waals surface area contributed by atoms with Gasteiger partial charge in [-0.25, -0.2) is 0 Å². The Hall–Kier alpha value is -2.84. The molecule has 0 spiro atoms. The number of anilines is 1. The Balaban J connectivity index is 1.42. The number of halogens is 3. The Kier molecular flexibility index (Phi) is 7.48. The summed E-state index contributed by atoms with van der Waals surface area (Å²) in [6.07, 6.45) is 1.14. The summed E-state index contributed by atoms with van der Waals surface area (Å²) in [5.74, 6) is 1.76. The Morgan fingerprint density at radius 1 is 1.17 bits per heavy atom. The molecule has 1 aliphatic rings. The third-order valence-electron chi connectivity index (χ3n) is 5.00. The van der Waals surface area contributed by atoms with Gasteiger partial charge in [0, 0.05) is 13.1 Å². The smallest absolute Gasteiger partial charge is 0.435 e. The Labute approximate surface area is 173 Å². The van der Waals surface area contributed by atoms with E-state index in [1.165, 1.54) is 13.2 Å². The van der Waals surface area contributed by atoms with Crippen LogP contribution in [-0.4, -0.2) is 43.2 Å². The highest BCUT2D eigenvalue weighted by Gasteiger charge is 2.33. The van der Waals surface area contributed by atoms with E-state index in [0.29, 0.717) is 18.3 Å². The quantitative estimate of drug-likeness (QED) is 0.355. The van der Waals surface area contributed by atoms with Crippen molar-refractivity contribution in [3.8, 4) is 5.75 Å². The molecular formula is C21H25F3N4O2. The molecule has 30 heavy (non-hydrogen) atoms. The molecule has 1 fully saturated rings. The third kappa shape index (κ3) is 6.33. The molecule has 0 radical (unpaired) electrons. The van der Waals surface area contributed by atoms with Crippen LogP contribution in [0.2, 0.25) is 0 Å². The number of aromatic nitrogens is 2. The van der Waals surface area contributed by atoms with E-state index >= 15 is 0 Å². The summed E-state index contributed by atoms with van der Waals surface area (Å²) in [5.41, 5.74) is -0.0335. The van der Waals surface area contributed by atoms with Crippen molar-refractivity contribution in [1.82, 2.24) is 10.2 Å². The van der Waals surface area contributed by atoms with Gasteiger partial charge in [0.2, 0.25) is 0 Å². The van der Waals surface area contributed by atoms with Crippen LogP contribution in [0.3, 0.4) is 0 Å². The minimum Gasteiger partial charge on any atom is -0.494 e. The van der Waals surface area contributed by atoms with Crippen molar-refractivity contribution in [2.75, 3.05) is 31.7 Å². The molecule has 2 aromatic rings. The second-order valence-electron chi connectivity index (χ2n) is 7.21. The first-order valence-corrected chi connectivity index (χ1v) is 9.91. The highest BCUT2D eigenvalue weighted by atomic mass is 19.4. The van der Waals surface area contributed by atoms with E-state index in [2.05, 4.69) is 20.2 Å². The Bertz CT molecular complexity index is 810. The standard InChI is InChI=1S/C21H25F3N4O2/c1-29-25-14-16-6-8-18(9-7-16)30-13-3-5-17-4-2-12-28(15-17)20-11-10-19(26-27-20)21(22,23)24/h6-11,14,17H,2-5,12-13,15H2,1H3. The highest BCUT2D eigenvalue weighted by Crippen LogP contribution is 2.29. The van der Waals surface area contributed by atoms with E-state index in [4.69, 9.17) is 4.74 Å². The van der Waals surface area contributed by atoms with Gasteiger partial charge in [0.25, 0.3) is 0 Å². The molecular weight excluding hydrogens is 397 g/mol. The van der Waals surface area contributed by atoms with E-state index in [9.17, 15) is 13.2 Å². The SMILES string of the molecule is CON=Cc1ccc(OCCCC2CCCN(c3ccc(C(F)(F)F)nn3)C2)cc1. The van der Waals surface area contributed by atoms with Gasteiger partial charge in [0.05, 0.1) is 12.8 Å². The monoisotopic (exact) mass is 422 g/mol. The second-order valence-corrected chi connectivity index (χ2v) is 7.21. The van der Waals surface area contributed by atoms with Gasteiger partial charge in [-0.1, -0.05) is 5.16 Å². The Morgan fingerprint density at radius 3 is 2.63 bits per heavy atom. The molecule has 162 valence electrons. The van der Waals surface area contributed by atoms with Crippen LogP contribution in [0.25, 0.3) is 0 Å². The number of ether oxygens (including phenoxy) is 1. The van der Waals surface area contributed by atoms with Gasteiger partial charge in [-0.05, 0) is 73.6 Å². The lowest BCUT2D eigenvalue weighted by Crippen LogP contribution is -2.36. The molecule has 9 heteroatoms. The maximum absolute atomic E-state index is 12.6. The maximum atomic E-state index is 12.6. The van der Waals surface area contributed by atoms with Gasteiger partial charge in [0.15, 0.2) is 11.5 Å². The number of hydrogen-bond acceptors (Lipinski definition) is 6. The molecule has 3 rings (SSSR count). The molecule has 2 heterocycles. The summed E-state index contributed by atoms with van der Waals surface area (Å²) in [6.45, 7) is 2.17. The number of oxime groups is 1. The molecule has 1 aliphatic heterocycles. The van der Waals surface area contributed by atoms with Crippen molar-refractivity contribution < 1.29 is 22.7 Å². The van der Waals surface area contributed by atoms with Crippen molar-refractivity contribution in [1.29, 1.82) is 0 Å². The maximum Gasteiger partial charge on any atom is 0.435 e. The van der Waals surface area contributed by atoms with Crippen LogP contribution in [0.4, 0.5) is 19.0 Å². The summed E-state index contributed by atoms with van der Waals surface area (Å²) in [5, 5.41) is 10.8. The van der Waals surface area contributed by atoms with Crippen molar-refractivity contribution in [2.45, 2.75) is 31.9 Å². The van der Waals surface area contributed by atoms with Crippen molar-refractivity contribution in [3.63, 3.8) is 0 Å². The molecule has 0 aliphatic carbocycles. The van der Waals surface area contributed by atoms with Crippen LogP contribution >= 0.6 is 0 Å². The van der Waals surface area contributed by atoms with E-state index in [1.807, 2.05) is 29.2 Å². The van der Waals surface area contributed by atoms with Gasteiger partial charge in [-0.2, -0.15) is 13.2 Å². The third-order valence-corrected chi connectivity index (χ3v) is 5.00. The number of hydrogen-bond donors (Lipinski definition) is 0. The molecule has 0 saturated carbocycles. The van der Waals surface area contributed by atoms with Gasteiger partial charge in [0.1, 0.15) is 12.9 Å². The molecule has 0 bridgehead atoms. The zero-order chi connectivity index (χ0) is 21.4. The molecule has 1 atom stereocenters.